The van der Waals surface area contributed by atoms with E-state index in [1.807, 2.05) is 0 Å². The van der Waals surface area contributed by atoms with Crippen molar-refractivity contribution in [3.8, 4) is 5.88 Å². The molecule has 0 amide bonds. The zero-order valence-electron chi connectivity index (χ0n) is 13.1. The van der Waals surface area contributed by atoms with Gasteiger partial charge in [-0.1, -0.05) is 5.16 Å². The lowest BCUT2D eigenvalue weighted by Crippen LogP contribution is -2.17. The SMILES string of the molecule is COc1nc(/C(N)=N/OCC(=O)c2ccc3ncsc3c2)ccc1Br. The van der Waals surface area contributed by atoms with Crippen LogP contribution in [0.3, 0.4) is 0 Å². The first-order chi connectivity index (χ1) is 12.1. The quantitative estimate of drug-likeness (QED) is 0.284. The number of benzene rings is 1. The fraction of sp³-hybridized carbons (Fsp3) is 0.125. The average Bonchev–Trinajstić information content (AvgIpc) is 3.09. The molecule has 2 heterocycles. The van der Waals surface area contributed by atoms with Crippen LogP contribution in [-0.4, -0.2) is 35.3 Å². The van der Waals surface area contributed by atoms with Gasteiger partial charge in [0.05, 0.1) is 27.3 Å². The van der Waals surface area contributed by atoms with Gasteiger partial charge in [0.2, 0.25) is 11.7 Å². The summed E-state index contributed by atoms with van der Waals surface area (Å²) in [5, 5.41) is 3.75. The van der Waals surface area contributed by atoms with E-state index in [0.717, 1.165) is 10.2 Å². The van der Waals surface area contributed by atoms with E-state index < -0.39 is 0 Å². The number of Topliss-reactive ketones (excluding diaryl/α,β-unsaturated/α-hetero) is 1. The molecule has 0 fully saturated rings. The zero-order valence-corrected chi connectivity index (χ0v) is 15.5. The van der Waals surface area contributed by atoms with Gasteiger partial charge >= 0.3 is 0 Å². The third-order valence-electron chi connectivity index (χ3n) is 3.28. The Morgan fingerprint density at radius 2 is 2.20 bits per heavy atom. The molecule has 0 bridgehead atoms. The predicted octanol–water partition coefficient (Wildman–Crippen LogP) is 2.98. The van der Waals surface area contributed by atoms with Crippen LogP contribution >= 0.6 is 27.3 Å². The van der Waals surface area contributed by atoms with E-state index >= 15 is 0 Å². The lowest BCUT2D eigenvalue weighted by atomic mass is 10.1. The summed E-state index contributed by atoms with van der Waals surface area (Å²) in [7, 11) is 1.50. The van der Waals surface area contributed by atoms with E-state index in [0.29, 0.717) is 21.6 Å². The third kappa shape index (κ3) is 3.94. The van der Waals surface area contributed by atoms with Gasteiger partial charge in [-0.3, -0.25) is 4.79 Å². The largest absolute Gasteiger partial charge is 0.480 e. The highest BCUT2D eigenvalue weighted by molar-refractivity contribution is 9.10. The fourth-order valence-corrected chi connectivity index (χ4v) is 3.13. The molecule has 0 unspecified atom stereocenters. The Bertz CT molecular complexity index is 957. The number of rotatable bonds is 6. The molecule has 1 aromatic carbocycles. The number of hydrogen-bond acceptors (Lipinski definition) is 7. The molecule has 2 N–H and O–H groups in total. The first kappa shape index (κ1) is 17.3. The van der Waals surface area contributed by atoms with E-state index in [1.165, 1.54) is 18.4 Å². The highest BCUT2D eigenvalue weighted by Crippen LogP contribution is 2.22. The molecule has 0 saturated heterocycles. The first-order valence-electron chi connectivity index (χ1n) is 7.11. The molecule has 0 aliphatic rings. The molecule has 0 spiro atoms. The summed E-state index contributed by atoms with van der Waals surface area (Å²) in [6.45, 7) is -0.224. The number of ketones is 1. The lowest BCUT2D eigenvalue weighted by molar-refractivity contribution is 0.0776. The van der Waals surface area contributed by atoms with Crippen LogP contribution in [0.15, 0.2) is 45.5 Å². The van der Waals surface area contributed by atoms with Gasteiger partial charge in [0.15, 0.2) is 12.4 Å². The van der Waals surface area contributed by atoms with Gasteiger partial charge in [-0.25, -0.2) is 9.97 Å². The number of methoxy groups -OCH3 is 1. The number of fused-ring (bicyclic) bond motifs is 1. The summed E-state index contributed by atoms with van der Waals surface area (Å²) in [5.74, 6) is 0.231. The molecule has 3 aromatic rings. The highest BCUT2D eigenvalue weighted by atomic mass is 79.9. The summed E-state index contributed by atoms with van der Waals surface area (Å²) >= 11 is 4.78. The van der Waals surface area contributed by atoms with Crippen molar-refractivity contribution in [1.29, 1.82) is 0 Å². The Morgan fingerprint density at radius 3 is 3.00 bits per heavy atom. The Morgan fingerprint density at radius 1 is 1.36 bits per heavy atom. The van der Waals surface area contributed by atoms with Crippen molar-refractivity contribution in [1.82, 2.24) is 9.97 Å². The molecule has 0 radical (unpaired) electrons. The van der Waals surface area contributed by atoms with Crippen LogP contribution in [0, 0.1) is 0 Å². The van der Waals surface area contributed by atoms with Crippen molar-refractivity contribution in [2.24, 2.45) is 10.9 Å². The van der Waals surface area contributed by atoms with Crippen molar-refractivity contribution < 1.29 is 14.4 Å². The van der Waals surface area contributed by atoms with E-state index in [9.17, 15) is 4.79 Å². The van der Waals surface area contributed by atoms with Crippen molar-refractivity contribution >= 4 is 49.1 Å². The number of amidine groups is 1. The fourth-order valence-electron chi connectivity index (χ4n) is 2.03. The zero-order chi connectivity index (χ0) is 17.8. The molecule has 25 heavy (non-hydrogen) atoms. The van der Waals surface area contributed by atoms with Crippen molar-refractivity contribution in [2.45, 2.75) is 0 Å². The van der Waals surface area contributed by atoms with Crippen LogP contribution in [0.4, 0.5) is 0 Å². The first-order valence-corrected chi connectivity index (χ1v) is 8.78. The smallest absolute Gasteiger partial charge is 0.228 e. The van der Waals surface area contributed by atoms with Crippen LogP contribution in [0.5, 0.6) is 5.88 Å². The van der Waals surface area contributed by atoms with E-state index in [2.05, 4.69) is 31.1 Å². The molecule has 3 rings (SSSR count). The average molecular weight is 421 g/mol. The molecule has 9 heteroatoms. The number of carbonyl (C=O) groups excluding carboxylic acids is 1. The standard InChI is InChI=1S/C16H13BrN4O3S/c1-23-16-10(17)3-5-12(20-16)15(18)21-24-7-13(22)9-2-4-11-14(6-9)25-8-19-11/h2-6,8H,7H2,1H3,(H2,18,21). The number of thiazole rings is 1. The van der Waals surface area contributed by atoms with Gasteiger partial charge in [0, 0.05) is 5.56 Å². The third-order valence-corrected chi connectivity index (χ3v) is 4.68. The number of hydrogen-bond donors (Lipinski definition) is 1. The summed E-state index contributed by atoms with van der Waals surface area (Å²) in [4.78, 5) is 25.6. The van der Waals surface area contributed by atoms with E-state index in [4.69, 9.17) is 15.3 Å². The van der Waals surface area contributed by atoms with Gasteiger partial charge < -0.3 is 15.3 Å². The van der Waals surface area contributed by atoms with Crippen LogP contribution in [0.1, 0.15) is 16.1 Å². The van der Waals surface area contributed by atoms with Gasteiger partial charge in [0.25, 0.3) is 0 Å². The maximum atomic E-state index is 12.2. The number of carbonyl (C=O) groups is 1. The monoisotopic (exact) mass is 420 g/mol. The summed E-state index contributed by atoms with van der Waals surface area (Å²) in [6.07, 6.45) is 0. The minimum atomic E-state index is -0.224. The lowest BCUT2D eigenvalue weighted by Gasteiger charge is -2.05. The second-order valence-electron chi connectivity index (χ2n) is 4.90. The van der Waals surface area contributed by atoms with E-state index in [-0.39, 0.29) is 18.2 Å². The molecule has 0 aliphatic heterocycles. The summed E-state index contributed by atoms with van der Waals surface area (Å²) in [5.41, 5.74) is 9.35. The molecule has 2 aromatic heterocycles. The summed E-state index contributed by atoms with van der Waals surface area (Å²) in [6, 6.07) is 8.69. The number of oxime groups is 1. The van der Waals surface area contributed by atoms with Crippen LogP contribution < -0.4 is 10.5 Å². The number of aromatic nitrogens is 2. The molecular formula is C16H13BrN4O3S. The van der Waals surface area contributed by atoms with Crippen molar-refractivity contribution in [3.63, 3.8) is 0 Å². The highest BCUT2D eigenvalue weighted by Gasteiger charge is 2.10. The molecule has 128 valence electrons. The molecular weight excluding hydrogens is 408 g/mol. The number of pyridine rings is 1. The van der Waals surface area contributed by atoms with Gasteiger partial charge in [-0.2, -0.15) is 0 Å². The van der Waals surface area contributed by atoms with Gasteiger partial charge in [0.1, 0.15) is 5.69 Å². The van der Waals surface area contributed by atoms with Crippen LogP contribution in [-0.2, 0) is 4.84 Å². The second-order valence-corrected chi connectivity index (χ2v) is 6.64. The topological polar surface area (TPSA) is 99.7 Å². The number of nitrogens with two attached hydrogens (primary N) is 1. The number of ether oxygens (including phenoxy) is 1. The molecule has 0 saturated carbocycles. The van der Waals surface area contributed by atoms with Crippen LogP contribution in [0.25, 0.3) is 10.2 Å². The number of nitrogens with zero attached hydrogens (tertiary/aromatic N) is 3. The van der Waals surface area contributed by atoms with Crippen molar-refractivity contribution in [2.75, 3.05) is 13.7 Å². The molecule has 0 aliphatic carbocycles. The van der Waals surface area contributed by atoms with Gasteiger partial charge in [-0.05, 0) is 46.3 Å². The van der Waals surface area contributed by atoms with E-state index in [1.54, 1.807) is 35.8 Å². The van der Waals surface area contributed by atoms with Crippen LogP contribution in [0.2, 0.25) is 0 Å². The maximum absolute atomic E-state index is 12.2. The van der Waals surface area contributed by atoms with Crippen molar-refractivity contribution in [3.05, 3.63) is 51.6 Å². The Balaban J connectivity index is 1.66. The molecule has 7 nitrogen and oxygen atoms in total. The normalized spacial score (nSPS) is 11.5. The minimum absolute atomic E-state index is 0.0523. The minimum Gasteiger partial charge on any atom is -0.480 e. The van der Waals surface area contributed by atoms with Gasteiger partial charge in [-0.15, -0.1) is 11.3 Å². The summed E-state index contributed by atoms with van der Waals surface area (Å²) < 4.78 is 6.74. The Hall–Kier alpha value is -2.52. The maximum Gasteiger partial charge on any atom is 0.228 e. The second kappa shape index (κ2) is 7.58. The number of halogens is 1. The molecule has 0 atom stereocenters. The predicted molar refractivity (Wildman–Crippen MR) is 99.1 cm³/mol. The Labute approximate surface area is 155 Å². The Kier molecular flexibility index (Phi) is 5.25.